The Labute approximate surface area is 96.7 Å². The first-order valence-electron chi connectivity index (χ1n) is 4.00. The molecule has 1 nitrogen and oxygen atoms in total. The van der Waals surface area contributed by atoms with E-state index in [2.05, 4.69) is 4.98 Å². The van der Waals surface area contributed by atoms with E-state index in [9.17, 15) is 0 Å². The van der Waals surface area contributed by atoms with Crippen LogP contribution in [0.25, 0.3) is 10.9 Å². The first kappa shape index (κ1) is 10.2. The fourth-order valence-electron chi connectivity index (χ4n) is 1.22. The van der Waals surface area contributed by atoms with Gasteiger partial charge in [0.15, 0.2) is 0 Å². The van der Waals surface area contributed by atoms with Crippen LogP contribution in [0.4, 0.5) is 0 Å². The van der Waals surface area contributed by atoms with E-state index in [0.29, 0.717) is 5.32 Å². The van der Waals surface area contributed by atoms with Gasteiger partial charge in [-0.05, 0) is 12.1 Å². The van der Waals surface area contributed by atoms with Crippen LogP contribution in [-0.4, -0.2) is 11.0 Å². The largest absolute Gasteiger partial charge is 0.391 e. The molecule has 0 radical (unpaired) electrons. The van der Waals surface area contributed by atoms with Crippen molar-refractivity contribution in [1.82, 2.24) is 4.98 Å². The fraction of sp³-hybridized carbons (Fsp3) is 0. The quantitative estimate of drug-likeness (QED) is 0.568. The Morgan fingerprint density at radius 1 is 0.929 bits per heavy atom. The molecule has 0 N–H and O–H groups in total. The van der Waals surface area contributed by atoms with Crippen LogP contribution in [0.1, 0.15) is 0 Å². The zero-order valence-electron chi connectivity index (χ0n) is 7.05. The van der Waals surface area contributed by atoms with Gasteiger partial charge < -0.3 is 0 Å². The fourth-order valence-corrected chi connectivity index (χ4v) is 2.69. The lowest BCUT2D eigenvalue weighted by molar-refractivity contribution is 1.47. The van der Waals surface area contributed by atoms with E-state index in [4.69, 9.17) is 33.2 Å². The van der Waals surface area contributed by atoms with Gasteiger partial charge in [0.2, 0.25) is 0 Å². The van der Waals surface area contributed by atoms with Gasteiger partial charge in [0.1, 0.15) is 0 Å². The number of halogens is 3. The Bertz CT molecular complexity index is 467. The molecule has 0 aliphatic heterocycles. The molecule has 1 heterocycles. The van der Waals surface area contributed by atoms with Crippen LogP contribution in [0.2, 0.25) is 0 Å². The maximum Gasteiger partial charge on any atom is 0.391 e. The van der Waals surface area contributed by atoms with Crippen molar-refractivity contribution in [3.63, 3.8) is 0 Å². The second-order valence-corrected chi connectivity index (χ2v) is 11.2. The van der Waals surface area contributed by atoms with Crippen molar-refractivity contribution < 1.29 is 0 Å². The van der Waals surface area contributed by atoms with Crippen LogP contribution in [0.3, 0.4) is 0 Å². The highest BCUT2D eigenvalue weighted by Gasteiger charge is 2.29. The molecule has 0 spiro atoms. The molecule has 0 aliphatic rings. The molecule has 0 saturated carbocycles. The maximum absolute atomic E-state index is 5.87. The minimum Gasteiger partial charge on any atom is -0.253 e. The van der Waals surface area contributed by atoms with E-state index in [1.165, 1.54) is 0 Å². The lowest BCUT2D eigenvalue weighted by Crippen LogP contribution is -2.32. The molecule has 0 atom stereocenters. The van der Waals surface area contributed by atoms with Crippen LogP contribution in [0.15, 0.2) is 36.4 Å². The molecular formula is C9H6Cl3NSi. The summed E-state index contributed by atoms with van der Waals surface area (Å²) in [5.74, 6) is 0. The Balaban J connectivity index is 2.63. The van der Waals surface area contributed by atoms with Crippen molar-refractivity contribution in [2.75, 3.05) is 0 Å². The van der Waals surface area contributed by atoms with Crippen molar-refractivity contribution >= 4 is 55.5 Å². The number of hydrogen-bond acceptors (Lipinski definition) is 1. The molecule has 0 aliphatic carbocycles. The summed E-state index contributed by atoms with van der Waals surface area (Å²) in [6.07, 6.45) is 0. The van der Waals surface area contributed by atoms with E-state index in [-0.39, 0.29) is 0 Å². The SMILES string of the molecule is Cl[Si](Cl)(Cl)c1ccc2ccccc2n1. The Morgan fingerprint density at radius 3 is 2.36 bits per heavy atom. The minimum atomic E-state index is -2.84. The number of hydrogen-bond donors (Lipinski definition) is 0. The van der Waals surface area contributed by atoms with Crippen LogP contribution >= 0.6 is 33.2 Å². The molecule has 0 amide bonds. The summed E-state index contributed by atoms with van der Waals surface area (Å²) in [6, 6.07) is 8.61. The maximum atomic E-state index is 5.87. The number of aromatic nitrogens is 1. The van der Waals surface area contributed by atoms with Crippen LogP contribution < -0.4 is 5.32 Å². The molecule has 2 aromatic rings. The lowest BCUT2D eigenvalue weighted by atomic mass is 10.2. The molecule has 14 heavy (non-hydrogen) atoms. The zero-order chi connectivity index (χ0) is 10.2. The van der Waals surface area contributed by atoms with Crippen molar-refractivity contribution in [3.8, 4) is 0 Å². The Hall–Kier alpha value is -0.283. The number of nitrogens with zero attached hydrogens (tertiary/aromatic N) is 1. The predicted molar refractivity (Wildman–Crippen MR) is 64.7 cm³/mol. The van der Waals surface area contributed by atoms with Gasteiger partial charge in [0, 0.05) is 5.39 Å². The lowest BCUT2D eigenvalue weighted by Gasteiger charge is -2.07. The molecule has 0 bridgehead atoms. The van der Waals surface area contributed by atoms with Crippen LogP contribution in [-0.2, 0) is 0 Å². The summed E-state index contributed by atoms with van der Waals surface area (Å²) in [7, 11) is 0. The average molecular weight is 263 g/mol. The molecule has 1 aromatic heterocycles. The number of pyridine rings is 1. The Kier molecular flexibility index (Phi) is 2.71. The van der Waals surface area contributed by atoms with Gasteiger partial charge in [-0.2, -0.15) is 0 Å². The summed E-state index contributed by atoms with van der Waals surface area (Å²) in [6.45, 7) is 0. The van der Waals surface area contributed by atoms with E-state index in [0.717, 1.165) is 10.9 Å². The van der Waals surface area contributed by atoms with Crippen molar-refractivity contribution in [2.45, 2.75) is 0 Å². The van der Waals surface area contributed by atoms with Crippen molar-refractivity contribution in [3.05, 3.63) is 36.4 Å². The molecule has 0 saturated heterocycles. The number of fused-ring (bicyclic) bond motifs is 1. The molecule has 1 aromatic carbocycles. The molecule has 0 fully saturated rings. The molecule has 0 unspecified atom stereocenters. The highest BCUT2D eigenvalue weighted by molar-refractivity contribution is 7.69. The highest BCUT2D eigenvalue weighted by Crippen LogP contribution is 2.19. The van der Waals surface area contributed by atoms with E-state index < -0.39 is 6.00 Å². The minimum absolute atomic E-state index is 0.584. The van der Waals surface area contributed by atoms with Crippen molar-refractivity contribution in [2.24, 2.45) is 0 Å². The third kappa shape index (κ3) is 2.03. The molecular weight excluding hydrogens is 257 g/mol. The average Bonchev–Trinajstić information content (AvgIpc) is 2.16. The van der Waals surface area contributed by atoms with Gasteiger partial charge in [-0.15, -0.1) is 33.2 Å². The summed E-state index contributed by atoms with van der Waals surface area (Å²) >= 11 is 17.6. The number of benzene rings is 1. The van der Waals surface area contributed by atoms with Crippen LogP contribution in [0, 0.1) is 0 Å². The zero-order valence-corrected chi connectivity index (χ0v) is 10.3. The third-order valence-electron chi connectivity index (χ3n) is 1.89. The second-order valence-electron chi connectivity index (χ2n) is 2.89. The predicted octanol–water partition coefficient (Wildman–Crippen LogP) is 3.10. The van der Waals surface area contributed by atoms with Crippen molar-refractivity contribution in [1.29, 1.82) is 0 Å². The monoisotopic (exact) mass is 261 g/mol. The topological polar surface area (TPSA) is 12.9 Å². The highest BCUT2D eigenvalue weighted by atomic mass is 35.8. The van der Waals surface area contributed by atoms with Gasteiger partial charge in [0.25, 0.3) is 0 Å². The first-order valence-corrected chi connectivity index (χ1v) is 9.04. The van der Waals surface area contributed by atoms with Gasteiger partial charge >= 0.3 is 6.00 Å². The molecule has 2 rings (SSSR count). The third-order valence-corrected chi connectivity index (χ3v) is 4.49. The smallest absolute Gasteiger partial charge is 0.253 e. The van der Waals surface area contributed by atoms with E-state index in [1.807, 2.05) is 30.3 Å². The summed E-state index contributed by atoms with van der Waals surface area (Å²) < 4.78 is 0. The van der Waals surface area contributed by atoms with E-state index >= 15 is 0 Å². The van der Waals surface area contributed by atoms with Crippen LogP contribution in [0.5, 0.6) is 0 Å². The first-order chi connectivity index (χ1) is 6.57. The second kappa shape index (κ2) is 3.70. The van der Waals surface area contributed by atoms with Gasteiger partial charge in [-0.1, -0.05) is 24.3 Å². The standard InChI is InChI=1S/C9H6Cl3NSi/c10-14(11,12)9-6-5-7-3-1-2-4-8(7)13-9/h1-6H. The molecule has 5 heteroatoms. The summed E-state index contributed by atoms with van der Waals surface area (Å²) in [5.41, 5.74) is 0.865. The number of para-hydroxylation sites is 1. The summed E-state index contributed by atoms with van der Waals surface area (Å²) in [5, 5.41) is 1.64. The van der Waals surface area contributed by atoms with Gasteiger partial charge in [-0.3, -0.25) is 4.98 Å². The Morgan fingerprint density at radius 2 is 1.64 bits per heavy atom. The van der Waals surface area contributed by atoms with Gasteiger partial charge in [-0.25, -0.2) is 0 Å². The summed E-state index contributed by atoms with van der Waals surface area (Å²) in [4.78, 5) is 4.31. The molecule has 72 valence electrons. The van der Waals surface area contributed by atoms with E-state index in [1.54, 1.807) is 6.07 Å². The number of rotatable bonds is 1. The normalized spacial score (nSPS) is 11.9. The van der Waals surface area contributed by atoms with Gasteiger partial charge in [0.05, 0.1) is 10.8 Å².